The van der Waals surface area contributed by atoms with E-state index in [9.17, 15) is 23.1 Å². The summed E-state index contributed by atoms with van der Waals surface area (Å²) in [6.07, 6.45) is -4.57. The van der Waals surface area contributed by atoms with Gasteiger partial charge in [0.05, 0.1) is 62.4 Å². The molecule has 0 spiro atoms. The molecule has 0 aliphatic heterocycles. The van der Waals surface area contributed by atoms with Crippen LogP contribution in [0.1, 0.15) is 25.0 Å². The second kappa shape index (κ2) is 13.2. The number of carbonyl (C=O) groups is 1. The van der Waals surface area contributed by atoms with Gasteiger partial charge in [-0.3, -0.25) is 0 Å². The number of likely N-dealkylation sites (N-methyl/N-ethyl adjacent to an activating group) is 1. The van der Waals surface area contributed by atoms with Gasteiger partial charge in [0, 0.05) is 10.9 Å². The van der Waals surface area contributed by atoms with E-state index >= 15 is 0 Å². The highest BCUT2D eigenvalue weighted by Crippen LogP contribution is 2.36. The van der Waals surface area contributed by atoms with Crippen LogP contribution >= 0.6 is 11.3 Å². The number of nitrogens with one attached hydrogen (secondary N) is 1. The lowest BCUT2D eigenvalue weighted by molar-refractivity contribution is -0.889. The number of amides is 2. The summed E-state index contributed by atoms with van der Waals surface area (Å²) in [6, 6.07) is 12.7. The van der Waals surface area contributed by atoms with Crippen LogP contribution in [0.25, 0.3) is 11.3 Å². The van der Waals surface area contributed by atoms with Gasteiger partial charge in [-0.2, -0.15) is 18.4 Å². The van der Waals surface area contributed by atoms with Crippen LogP contribution in [0.15, 0.2) is 53.9 Å². The summed E-state index contributed by atoms with van der Waals surface area (Å²) in [4.78, 5) is 18.8. The van der Waals surface area contributed by atoms with Crippen LogP contribution < -0.4 is 10.2 Å². The molecular weight excluding hydrogens is 503 g/mol. The number of urea groups is 1. The lowest BCUT2D eigenvalue weighted by Gasteiger charge is -2.29. The molecule has 0 atom stereocenters. The number of hydrogen-bond acceptors (Lipinski definition) is 5. The van der Waals surface area contributed by atoms with E-state index in [-0.39, 0.29) is 24.0 Å². The average molecular weight is 535 g/mol. The maximum atomic E-state index is 13.4. The minimum atomic E-state index is -4.57. The van der Waals surface area contributed by atoms with Crippen LogP contribution in [0.3, 0.4) is 0 Å². The molecule has 0 unspecified atom stereocenters. The number of rotatable bonds is 8. The summed E-state index contributed by atoms with van der Waals surface area (Å²) in [5.74, 6) is 0. The quantitative estimate of drug-likeness (QED) is 0.366. The summed E-state index contributed by atoms with van der Waals surface area (Å²) < 4.78 is 40.5. The van der Waals surface area contributed by atoms with E-state index < -0.39 is 17.8 Å². The number of anilines is 2. The summed E-state index contributed by atoms with van der Waals surface area (Å²) in [6.45, 7) is 5.23. The molecule has 3 rings (SSSR count). The Balaban J connectivity index is 0.00000235. The Hall–Kier alpha value is -3.46. The Labute approximate surface area is 219 Å². The highest BCUT2D eigenvalue weighted by Gasteiger charge is 2.32. The Kier molecular flexibility index (Phi) is 10.6. The molecular formula is C26H31F3N5O2S+. The van der Waals surface area contributed by atoms with Gasteiger partial charge < -0.3 is 14.9 Å². The fourth-order valence-electron chi connectivity index (χ4n) is 3.31. The molecule has 0 aliphatic carbocycles. The lowest BCUT2D eigenvalue weighted by Crippen LogP contribution is -2.48. The Morgan fingerprint density at radius 3 is 2.51 bits per heavy atom. The van der Waals surface area contributed by atoms with Crippen molar-refractivity contribution in [3.63, 3.8) is 0 Å². The molecule has 1 aromatic heterocycles. The third-order valence-electron chi connectivity index (χ3n) is 5.30. The highest BCUT2D eigenvalue weighted by molar-refractivity contribution is 7.14. The lowest BCUT2D eigenvalue weighted by atomic mass is 10.1. The van der Waals surface area contributed by atoms with Gasteiger partial charge >= 0.3 is 12.2 Å². The largest absolute Gasteiger partial charge is 0.416 e. The van der Waals surface area contributed by atoms with Crippen LogP contribution in [0.5, 0.6) is 0 Å². The zero-order chi connectivity index (χ0) is 27.6. The first kappa shape index (κ1) is 29.8. The maximum Gasteiger partial charge on any atom is 0.416 e. The number of halogens is 3. The SMILES string of the molecule is CC.C[N+](C)(CCO)CCNC(=O)N(c1cccc(C(F)(F)F)c1)c1nc(-c2cccc(C#N)c2)cs1. The second-order valence-electron chi connectivity index (χ2n) is 8.43. The Morgan fingerprint density at radius 2 is 1.86 bits per heavy atom. The molecule has 3 aromatic rings. The van der Waals surface area contributed by atoms with E-state index in [0.29, 0.717) is 34.4 Å². The highest BCUT2D eigenvalue weighted by atomic mass is 32.1. The van der Waals surface area contributed by atoms with Crippen molar-refractivity contribution in [1.82, 2.24) is 10.3 Å². The van der Waals surface area contributed by atoms with Gasteiger partial charge in [0.15, 0.2) is 5.13 Å². The van der Waals surface area contributed by atoms with Gasteiger partial charge in [-0.1, -0.05) is 32.0 Å². The normalized spacial score (nSPS) is 11.2. The van der Waals surface area contributed by atoms with E-state index in [1.807, 2.05) is 27.9 Å². The molecule has 1 heterocycles. The molecule has 11 heteroatoms. The molecule has 0 aliphatic rings. The van der Waals surface area contributed by atoms with Crippen LogP contribution in [0, 0.1) is 11.3 Å². The number of aliphatic hydroxyl groups excluding tert-OH is 1. The summed E-state index contributed by atoms with van der Waals surface area (Å²) in [7, 11) is 3.80. The monoisotopic (exact) mass is 534 g/mol. The van der Waals surface area contributed by atoms with Crippen molar-refractivity contribution in [3.05, 3.63) is 65.0 Å². The second-order valence-corrected chi connectivity index (χ2v) is 9.27. The van der Waals surface area contributed by atoms with Crippen LogP contribution in [0.2, 0.25) is 0 Å². The van der Waals surface area contributed by atoms with Gasteiger partial charge in [0.25, 0.3) is 0 Å². The molecule has 2 aromatic carbocycles. The number of aromatic nitrogens is 1. The zero-order valence-corrected chi connectivity index (χ0v) is 22.0. The van der Waals surface area contributed by atoms with Crippen molar-refractivity contribution in [3.8, 4) is 17.3 Å². The Morgan fingerprint density at radius 1 is 1.16 bits per heavy atom. The first-order valence-corrected chi connectivity index (χ1v) is 12.6. The molecule has 2 N–H and O–H groups in total. The fourth-order valence-corrected chi connectivity index (χ4v) is 4.16. The topological polar surface area (TPSA) is 89.2 Å². The molecule has 198 valence electrons. The number of hydrogen-bond donors (Lipinski definition) is 2. The molecule has 37 heavy (non-hydrogen) atoms. The molecule has 0 radical (unpaired) electrons. The van der Waals surface area contributed by atoms with Crippen molar-refractivity contribution >= 4 is 28.2 Å². The van der Waals surface area contributed by atoms with Crippen LogP contribution in [0.4, 0.5) is 28.8 Å². The van der Waals surface area contributed by atoms with Gasteiger partial charge in [-0.25, -0.2) is 14.7 Å². The Bertz CT molecular complexity index is 1220. The van der Waals surface area contributed by atoms with Gasteiger partial charge in [0.2, 0.25) is 0 Å². The number of quaternary nitrogens is 1. The molecule has 7 nitrogen and oxygen atoms in total. The maximum absolute atomic E-state index is 13.4. The average Bonchev–Trinajstić information content (AvgIpc) is 3.34. The first-order chi connectivity index (χ1) is 17.5. The van der Waals surface area contributed by atoms with Gasteiger partial charge in [-0.05, 0) is 30.3 Å². The number of nitrogens with zero attached hydrogens (tertiary/aromatic N) is 4. The van der Waals surface area contributed by atoms with E-state index in [4.69, 9.17) is 5.26 Å². The van der Waals surface area contributed by atoms with Gasteiger partial charge in [0.1, 0.15) is 6.54 Å². The number of aliphatic hydroxyl groups is 1. The van der Waals surface area contributed by atoms with Crippen molar-refractivity contribution < 1.29 is 27.6 Å². The van der Waals surface area contributed by atoms with E-state index in [2.05, 4.69) is 16.4 Å². The van der Waals surface area contributed by atoms with E-state index in [1.165, 1.54) is 12.1 Å². The van der Waals surface area contributed by atoms with Crippen molar-refractivity contribution in [2.24, 2.45) is 0 Å². The third-order valence-corrected chi connectivity index (χ3v) is 6.13. The fraction of sp³-hybridized carbons (Fsp3) is 0.346. The number of nitriles is 1. The van der Waals surface area contributed by atoms with E-state index in [0.717, 1.165) is 28.4 Å². The number of alkyl halides is 3. The van der Waals surface area contributed by atoms with Crippen molar-refractivity contribution in [2.45, 2.75) is 20.0 Å². The summed E-state index contributed by atoms with van der Waals surface area (Å²) >= 11 is 1.10. The third kappa shape index (κ3) is 8.28. The standard InChI is InChI=1S/C24H24F3N5O2S.C2H6/c1-32(2,11-12-33)10-9-29-22(34)31(20-8-4-7-19(14-20)24(25,26)27)23-30-21(16-35-23)18-6-3-5-17(13-18)15-28;1-2/h3-8,13-14,16,33H,9-12H2,1-2H3;1-2H3/p+1. The number of benzene rings is 2. The number of thiazole rings is 1. The predicted molar refractivity (Wildman–Crippen MR) is 140 cm³/mol. The zero-order valence-electron chi connectivity index (χ0n) is 21.2. The first-order valence-electron chi connectivity index (χ1n) is 11.7. The van der Waals surface area contributed by atoms with Crippen LogP contribution in [-0.2, 0) is 6.18 Å². The molecule has 0 fully saturated rings. The van der Waals surface area contributed by atoms with Crippen LogP contribution in [-0.4, -0.2) is 60.9 Å². The van der Waals surface area contributed by atoms with Gasteiger partial charge in [-0.15, -0.1) is 11.3 Å². The minimum absolute atomic E-state index is 0.00774. The molecule has 0 saturated carbocycles. The van der Waals surface area contributed by atoms with Crippen molar-refractivity contribution in [2.75, 3.05) is 45.2 Å². The summed E-state index contributed by atoms with van der Waals surface area (Å²) in [5, 5.41) is 23.0. The predicted octanol–water partition coefficient (Wildman–Crippen LogP) is 5.64. The summed E-state index contributed by atoms with van der Waals surface area (Å²) in [5.41, 5.74) is 0.722. The van der Waals surface area contributed by atoms with Crippen molar-refractivity contribution in [1.29, 1.82) is 5.26 Å². The minimum Gasteiger partial charge on any atom is -0.391 e. The van der Waals surface area contributed by atoms with E-state index in [1.54, 1.807) is 29.6 Å². The molecule has 2 amide bonds. The smallest absolute Gasteiger partial charge is 0.391 e. The number of carbonyl (C=O) groups excluding carboxylic acids is 1. The molecule has 0 bridgehead atoms. The molecule has 0 saturated heterocycles.